The number of aromatic nitrogens is 2. The highest BCUT2D eigenvalue weighted by Crippen LogP contribution is 2.36. The fourth-order valence-corrected chi connectivity index (χ4v) is 3.26. The van der Waals surface area contributed by atoms with Gasteiger partial charge < -0.3 is 15.3 Å². The van der Waals surface area contributed by atoms with Crippen LogP contribution < -0.4 is 5.69 Å². The van der Waals surface area contributed by atoms with Crippen molar-refractivity contribution in [3.8, 4) is 0 Å². The minimum atomic E-state index is -1.25. The third kappa shape index (κ3) is 2.18. The highest BCUT2D eigenvalue weighted by Gasteiger charge is 2.31. The standard InChI is InChI=1S/C16H22N2O4/c1-16(2)6-7-17-14-10(16)4-3-5-11(14)18(15(17)22)8-12(20)13(21)9-19/h3-5,12-13,19-21H,6-9H2,1-2H3. The molecule has 6 nitrogen and oxygen atoms in total. The van der Waals surface area contributed by atoms with Gasteiger partial charge in [0.2, 0.25) is 0 Å². The van der Waals surface area contributed by atoms with E-state index in [9.17, 15) is 15.0 Å². The van der Waals surface area contributed by atoms with Crippen molar-refractivity contribution in [2.75, 3.05) is 6.61 Å². The number of hydrogen-bond donors (Lipinski definition) is 3. The molecule has 0 radical (unpaired) electrons. The summed E-state index contributed by atoms with van der Waals surface area (Å²) in [5, 5.41) is 28.4. The van der Waals surface area contributed by atoms with E-state index < -0.39 is 18.8 Å². The van der Waals surface area contributed by atoms with Gasteiger partial charge in [0.05, 0.1) is 24.2 Å². The van der Waals surface area contributed by atoms with Crippen LogP contribution in [-0.2, 0) is 18.5 Å². The van der Waals surface area contributed by atoms with Crippen molar-refractivity contribution >= 4 is 11.0 Å². The lowest BCUT2D eigenvalue weighted by Crippen LogP contribution is -2.37. The Labute approximate surface area is 128 Å². The average molecular weight is 306 g/mol. The molecule has 2 atom stereocenters. The van der Waals surface area contributed by atoms with E-state index in [1.807, 2.05) is 18.2 Å². The Balaban J connectivity index is 2.17. The molecule has 0 saturated carbocycles. The van der Waals surface area contributed by atoms with Crippen molar-refractivity contribution < 1.29 is 15.3 Å². The molecule has 0 spiro atoms. The van der Waals surface area contributed by atoms with Crippen LogP contribution in [0.25, 0.3) is 11.0 Å². The number of hydrogen-bond acceptors (Lipinski definition) is 4. The maximum atomic E-state index is 12.6. The molecule has 1 aliphatic heterocycles. The number of aliphatic hydroxyl groups excluding tert-OH is 3. The second-order valence-electron chi connectivity index (χ2n) is 6.67. The van der Waals surface area contributed by atoms with Gasteiger partial charge in [-0.25, -0.2) is 4.79 Å². The number of aryl methyl sites for hydroxylation is 1. The van der Waals surface area contributed by atoms with Crippen LogP contribution in [0.2, 0.25) is 0 Å². The van der Waals surface area contributed by atoms with Crippen molar-refractivity contribution in [3.63, 3.8) is 0 Å². The Morgan fingerprint density at radius 1 is 1.27 bits per heavy atom. The van der Waals surface area contributed by atoms with Crippen molar-refractivity contribution in [2.45, 2.75) is 51.0 Å². The second-order valence-corrected chi connectivity index (χ2v) is 6.67. The second kappa shape index (κ2) is 5.22. The van der Waals surface area contributed by atoms with Crippen molar-refractivity contribution in [3.05, 3.63) is 34.2 Å². The number of aliphatic hydroxyl groups is 3. The molecule has 1 aliphatic rings. The molecule has 0 amide bonds. The van der Waals surface area contributed by atoms with E-state index in [0.717, 1.165) is 23.0 Å². The molecular weight excluding hydrogens is 284 g/mol. The van der Waals surface area contributed by atoms with Gasteiger partial charge in [0.1, 0.15) is 12.2 Å². The van der Waals surface area contributed by atoms with E-state index in [-0.39, 0.29) is 17.6 Å². The highest BCUT2D eigenvalue weighted by molar-refractivity contribution is 5.81. The predicted molar refractivity (Wildman–Crippen MR) is 82.9 cm³/mol. The molecule has 0 bridgehead atoms. The van der Waals surface area contributed by atoms with Crippen LogP contribution in [0, 0.1) is 0 Å². The topological polar surface area (TPSA) is 87.6 Å². The molecule has 22 heavy (non-hydrogen) atoms. The minimum absolute atomic E-state index is 0.00135. The van der Waals surface area contributed by atoms with Crippen LogP contribution in [0.15, 0.2) is 23.0 Å². The number of para-hydroxylation sites is 1. The van der Waals surface area contributed by atoms with Crippen LogP contribution in [0.5, 0.6) is 0 Å². The van der Waals surface area contributed by atoms with Gasteiger partial charge in [0, 0.05) is 6.54 Å². The molecule has 2 aromatic rings. The van der Waals surface area contributed by atoms with E-state index in [4.69, 9.17) is 5.11 Å². The normalized spacial score (nSPS) is 19.3. The minimum Gasteiger partial charge on any atom is -0.394 e. The predicted octanol–water partition coefficient (Wildman–Crippen LogP) is 0.198. The van der Waals surface area contributed by atoms with Crippen LogP contribution >= 0.6 is 0 Å². The zero-order chi connectivity index (χ0) is 16.1. The van der Waals surface area contributed by atoms with Crippen molar-refractivity contribution in [1.29, 1.82) is 0 Å². The lowest BCUT2D eigenvalue weighted by molar-refractivity contribution is -0.0214. The van der Waals surface area contributed by atoms with Gasteiger partial charge in [-0.3, -0.25) is 9.13 Å². The molecule has 3 rings (SSSR count). The number of rotatable bonds is 4. The summed E-state index contributed by atoms with van der Waals surface area (Å²) in [6.07, 6.45) is -1.56. The SMILES string of the molecule is CC1(C)CCn2c(=O)n(CC(O)C(O)CO)c3cccc1c32. The summed E-state index contributed by atoms with van der Waals surface area (Å²) in [5.74, 6) is 0. The Hall–Kier alpha value is -1.63. The maximum Gasteiger partial charge on any atom is 0.329 e. The fourth-order valence-electron chi connectivity index (χ4n) is 3.26. The summed E-state index contributed by atoms with van der Waals surface area (Å²) >= 11 is 0. The van der Waals surface area contributed by atoms with Gasteiger partial charge in [-0.05, 0) is 23.5 Å². The van der Waals surface area contributed by atoms with Crippen LogP contribution in [0.3, 0.4) is 0 Å². The van der Waals surface area contributed by atoms with Crippen molar-refractivity contribution in [2.24, 2.45) is 0 Å². The lowest BCUT2D eigenvalue weighted by Gasteiger charge is -2.30. The average Bonchev–Trinajstić information content (AvgIpc) is 2.76. The Kier molecular flexibility index (Phi) is 3.63. The summed E-state index contributed by atoms with van der Waals surface area (Å²) in [4.78, 5) is 12.6. The van der Waals surface area contributed by atoms with Gasteiger partial charge >= 0.3 is 5.69 Å². The summed E-state index contributed by atoms with van der Waals surface area (Å²) in [6, 6.07) is 5.82. The number of benzene rings is 1. The smallest absolute Gasteiger partial charge is 0.329 e. The van der Waals surface area contributed by atoms with Crippen LogP contribution in [0.1, 0.15) is 25.8 Å². The molecule has 1 aromatic heterocycles. The largest absolute Gasteiger partial charge is 0.394 e. The Morgan fingerprint density at radius 3 is 2.68 bits per heavy atom. The van der Waals surface area contributed by atoms with Gasteiger partial charge in [0.25, 0.3) is 0 Å². The first-order valence-electron chi connectivity index (χ1n) is 7.56. The molecule has 2 heterocycles. The first-order chi connectivity index (χ1) is 10.4. The molecule has 0 saturated heterocycles. The molecule has 2 unspecified atom stereocenters. The molecule has 3 N–H and O–H groups in total. The fraction of sp³-hybridized carbons (Fsp3) is 0.562. The Morgan fingerprint density at radius 2 is 2.00 bits per heavy atom. The molecule has 0 fully saturated rings. The third-order valence-electron chi connectivity index (χ3n) is 4.73. The van der Waals surface area contributed by atoms with Crippen LogP contribution in [0.4, 0.5) is 0 Å². The molecule has 120 valence electrons. The van der Waals surface area contributed by atoms with E-state index in [1.165, 1.54) is 4.57 Å². The van der Waals surface area contributed by atoms with E-state index in [0.29, 0.717) is 6.54 Å². The molecule has 6 heteroatoms. The summed E-state index contributed by atoms with van der Waals surface area (Å²) in [6.45, 7) is 4.40. The van der Waals surface area contributed by atoms with E-state index >= 15 is 0 Å². The molecule has 0 aliphatic carbocycles. The van der Waals surface area contributed by atoms with E-state index in [1.54, 1.807) is 4.57 Å². The van der Waals surface area contributed by atoms with Gasteiger partial charge in [-0.2, -0.15) is 0 Å². The third-order valence-corrected chi connectivity index (χ3v) is 4.73. The quantitative estimate of drug-likeness (QED) is 0.753. The van der Waals surface area contributed by atoms with Gasteiger partial charge in [-0.15, -0.1) is 0 Å². The summed E-state index contributed by atoms with van der Waals surface area (Å²) < 4.78 is 3.23. The zero-order valence-electron chi connectivity index (χ0n) is 12.9. The first kappa shape index (κ1) is 15.3. The highest BCUT2D eigenvalue weighted by atomic mass is 16.4. The monoisotopic (exact) mass is 306 g/mol. The van der Waals surface area contributed by atoms with Crippen molar-refractivity contribution in [1.82, 2.24) is 9.13 Å². The van der Waals surface area contributed by atoms with Gasteiger partial charge in [0.15, 0.2) is 0 Å². The Bertz CT molecular complexity index is 759. The molecule has 1 aromatic carbocycles. The number of nitrogens with zero attached hydrogens (tertiary/aromatic N) is 2. The zero-order valence-corrected chi connectivity index (χ0v) is 12.9. The van der Waals surface area contributed by atoms with Crippen LogP contribution in [-0.4, -0.2) is 43.3 Å². The summed E-state index contributed by atoms with van der Waals surface area (Å²) in [7, 11) is 0. The molecular formula is C16H22N2O4. The van der Waals surface area contributed by atoms with E-state index in [2.05, 4.69) is 13.8 Å². The number of imidazole rings is 1. The first-order valence-corrected chi connectivity index (χ1v) is 7.56. The van der Waals surface area contributed by atoms with Gasteiger partial charge in [-0.1, -0.05) is 26.0 Å². The maximum absolute atomic E-state index is 12.6. The summed E-state index contributed by atoms with van der Waals surface area (Å²) in [5.41, 5.74) is 2.63. The lowest BCUT2D eigenvalue weighted by atomic mass is 9.79.